The van der Waals surface area contributed by atoms with Gasteiger partial charge < -0.3 is 0 Å². The van der Waals surface area contributed by atoms with Gasteiger partial charge >= 0.3 is 29.6 Å². The van der Waals surface area contributed by atoms with Crippen LogP contribution in [0, 0.1) is 11.8 Å². The Labute approximate surface area is 60.4 Å². The third-order valence-corrected chi connectivity index (χ3v) is 0. The van der Waals surface area contributed by atoms with Crippen LogP contribution in [0.5, 0.6) is 0 Å². The summed E-state index contributed by atoms with van der Waals surface area (Å²) >= 11 is 0. The fourth-order valence-electron chi connectivity index (χ4n) is 0. The second-order valence-corrected chi connectivity index (χ2v) is 0. The van der Waals surface area contributed by atoms with E-state index >= 15 is 0 Å². The fourth-order valence-corrected chi connectivity index (χ4v) is 0. The van der Waals surface area contributed by atoms with Crippen LogP contribution in [-0.2, 0) is 19.5 Å². The normalized spacial score (nSPS) is 0.500. The Hall–Kier alpha value is 1.11. The number of hydrogen-bond donors (Lipinski definition) is 0. The van der Waals surface area contributed by atoms with Gasteiger partial charge in [-0.25, -0.2) is 5.26 Å². The molecular weight excluding hydrogens is 152 g/mol. The molecule has 0 rings (SSSR count). The van der Waals surface area contributed by atoms with E-state index in [1.54, 1.807) is 0 Å². The minimum atomic E-state index is 0. The molecule has 0 aliphatic carbocycles. The molecular formula is CH2NNaRh. The molecule has 0 aliphatic rings. The Morgan fingerprint density at radius 1 is 1.25 bits per heavy atom. The molecule has 0 aromatic heterocycles. The van der Waals surface area contributed by atoms with Crippen LogP contribution in [0.4, 0.5) is 0 Å². The molecule has 0 spiro atoms. The molecule has 0 atom stereocenters. The zero-order chi connectivity index (χ0) is 2.00. The molecule has 1 radical (unpaired) electrons. The van der Waals surface area contributed by atoms with Gasteiger partial charge in [-0.15, -0.1) is 0 Å². The third-order valence-electron chi connectivity index (χ3n) is 0. The summed E-state index contributed by atoms with van der Waals surface area (Å²) in [6, 6.07) is 0. The molecule has 0 fully saturated rings. The van der Waals surface area contributed by atoms with Crippen LogP contribution in [0.2, 0.25) is 0 Å². The van der Waals surface area contributed by atoms with E-state index in [0.717, 1.165) is 0 Å². The van der Waals surface area contributed by atoms with Crippen molar-refractivity contribution in [3.63, 3.8) is 0 Å². The Morgan fingerprint density at radius 3 is 1.25 bits per heavy atom. The van der Waals surface area contributed by atoms with Gasteiger partial charge in [0, 0.05) is 26.1 Å². The van der Waals surface area contributed by atoms with E-state index in [9.17, 15) is 0 Å². The zero-order valence-corrected chi connectivity index (χ0v) is 3.00. The number of hydrogen-bond acceptors (Lipinski definition) is 1. The monoisotopic (exact) mass is 154 g/mol. The number of rotatable bonds is 0. The van der Waals surface area contributed by atoms with E-state index in [1.807, 2.05) is 0 Å². The second kappa shape index (κ2) is 32.2. The minimum absolute atomic E-state index is 0. The summed E-state index contributed by atoms with van der Waals surface area (Å²) in [4.78, 5) is 0. The van der Waals surface area contributed by atoms with Crippen molar-refractivity contribution in [1.82, 2.24) is 0 Å². The largest absolute Gasteiger partial charge is 0 e. The Kier molecular flexibility index (Phi) is 156. The van der Waals surface area contributed by atoms with Gasteiger partial charge in [0.25, 0.3) is 0 Å². The van der Waals surface area contributed by atoms with E-state index in [2.05, 4.69) is 6.57 Å². The number of nitrogens with zero attached hydrogens (tertiary/aromatic N) is 1. The predicted molar refractivity (Wildman–Crippen MR) is 13.8 cm³/mol. The molecule has 0 bridgehead atoms. The third kappa shape index (κ3) is 11.2. The van der Waals surface area contributed by atoms with E-state index in [-0.39, 0.29) is 49.0 Å². The topological polar surface area (TPSA) is 23.8 Å². The fraction of sp³-hybridized carbons (Fsp3) is 0. The van der Waals surface area contributed by atoms with Crippen molar-refractivity contribution in [2.45, 2.75) is 0 Å². The molecule has 4 heavy (non-hydrogen) atoms. The minimum Gasteiger partial charge on any atom is 0 e. The van der Waals surface area contributed by atoms with Crippen LogP contribution in [0.3, 0.4) is 0 Å². The average molecular weight is 154 g/mol. The molecule has 0 amide bonds. The van der Waals surface area contributed by atoms with Crippen molar-refractivity contribution >= 4 is 29.6 Å². The van der Waals surface area contributed by atoms with Crippen molar-refractivity contribution in [2.24, 2.45) is 0 Å². The summed E-state index contributed by atoms with van der Waals surface area (Å²) in [5.74, 6) is 0. The molecule has 0 N–H and O–H groups in total. The maximum absolute atomic E-state index is 6.50. The summed E-state index contributed by atoms with van der Waals surface area (Å²) in [6.07, 6.45) is 0. The van der Waals surface area contributed by atoms with E-state index in [4.69, 9.17) is 5.26 Å². The Morgan fingerprint density at radius 2 is 1.25 bits per heavy atom. The molecule has 0 unspecified atom stereocenters. The van der Waals surface area contributed by atoms with Gasteiger partial charge in [0.1, 0.15) is 0 Å². The van der Waals surface area contributed by atoms with Crippen molar-refractivity contribution in [1.29, 1.82) is 5.26 Å². The van der Waals surface area contributed by atoms with E-state index in [0.29, 0.717) is 0 Å². The molecule has 21 valence electrons. The molecule has 0 aromatic carbocycles. The molecule has 0 aromatic rings. The molecule has 0 heterocycles. The first-order chi connectivity index (χ1) is 1.00. The van der Waals surface area contributed by atoms with Gasteiger partial charge in [-0.1, -0.05) is 0 Å². The van der Waals surface area contributed by atoms with Crippen LogP contribution in [0.15, 0.2) is 0 Å². The van der Waals surface area contributed by atoms with E-state index in [1.165, 1.54) is 0 Å². The molecule has 1 nitrogen and oxygen atoms in total. The van der Waals surface area contributed by atoms with Crippen molar-refractivity contribution in [2.75, 3.05) is 0 Å². The quantitative estimate of drug-likeness (QED) is 0.431. The number of nitriles is 1. The van der Waals surface area contributed by atoms with E-state index < -0.39 is 0 Å². The van der Waals surface area contributed by atoms with Crippen LogP contribution < -0.4 is 0 Å². The first-order valence-corrected chi connectivity index (χ1v) is 0.258. The van der Waals surface area contributed by atoms with Gasteiger partial charge in [-0.3, -0.25) is 0 Å². The summed E-state index contributed by atoms with van der Waals surface area (Å²) in [6.45, 7) is 3.50. The smallest absolute Gasteiger partial charge is 0 e. The SMILES string of the molecule is C#N.[NaH].[Rh]. The standard InChI is InChI=1S/CHN.Na.Rh.H/c1-2;;;/h1H;;;. The molecule has 0 saturated heterocycles. The first-order valence-electron chi connectivity index (χ1n) is 0.258. The summed E-state index contributed by atoms with van der Waals surface area (Å²) in [5, 5.41) is 6.50. The van der Waals surface area contributed by atoms with Crippen LogP contribution in [0.25, 0.3) is 0 Å². The van der Waals surface area contributed by atoms with Gasteiger partial charge in [0.2, 0.25) is 0 Å². The van der Waals surface area contributed by atoms with Crippen LogP contribution in [0.1, 0.15) is 0 Å². The summed E-state index contributed by atoms with van der Waals surface area (Å²) < 4.78 is 0. The van der Waals surface area contributed by atoms with Gasteiger partial charge in [0.05, 0.1) is 0 Å². The van der Waals surface area contributed by atoms with Gasteiger partial charge in [0.15, 0.2) is 0 Å². The zero-order valence-electron chi connectivity index (χ0n) is 1.36. The molecule has 0 saturated carbocycles. The van der Waals surface area contributed by atoms with Crippen molar-refractivity contribution in [3.05, 3.63) is 0 Å². The van der Waals surface area contributed by atoms with Gasteiger partial charge in [-0.05, 0) is 0 Å². The maximum atomic E-state index is 6.50. The maximum Gasteiger partial charge on any atom is 0 e. The Bertz CT molecular complexity index is 12.8. The van der Waals surface area contributed by atoms with Crippen LogP contribution >= 0.6 is 0 Å². The Balaban J connectivity index is -0.00000000500. The van der Waals surface area contributed by atoms with Gasteiger partial charge in [-0.2, -0.15) is 0 Å². The van der Waals surface area contributed by atoms with Crippen molar-refractivity contribution < 1.29 is 19.5 Å². The summed E-state index contributed by atoms with van der Waals surface area (Å²) in [7, 11) is 0. The second-order valence-electron chi connectivity index (χ2n) is 0. The first kappa shape index (κ1) is 19.4. The predicted octanol–water partition coefficient (Wildman–Crippen LogP) is -0.511. The summed E-state index contributed by atoms with van der Waals surface area (Å²) in [5.41, 5.74) is 0. The average Bonchev–Trinajstić information content (AvgIpc) is 1.00. The van der Waals surface area contributed by atoms with Crippen LogP contribution in [-0.4, -0.2) is 29.6 Å². The molecule has 3 heteroatoms. The van der Waals surface area contributed by atoms with Crippen molar-refractivity contribution in [3.8, 4) is 6.57 Å². The molecule has 0 aliphatic heterocycles.